The minimum absolute atomic E-state index is 1.06. The second-order valence-corrected chi connectivity index (χ2v) is 3.06. The molecule has 0 heterocycles. The number of hydrogen-bond donors (Lipinski definition) is 1. The van der Waals surface area contributed by atoms with Crippen molar-refractivity contribution in [1.82, 2.24) is 0 Å². The molecular weight excluding hydrogens is 174 g/mol. The van der Waals surface area contributed by atoms with Gasteiger partial charge in [-0.25, -0.2) is 0 Å². The molecule has 0 spiro atoms. The molecule has 0 saturated heterocycles. The number of para-hydroxylation sites is 1. The largest absolute Gasteiger partial charge is 0.295 e. The standard InChI is InChI=1S/C11H15N3/c1-9-5-4-6-10(2)11(9)14-13-8-7-12-3/h4-8,14H,1-3H3/b12-7?,13-8-. The van der Waals surface area contributed by atoms with Crippen molar-refractivity contribution in [1.29, 1.82) is 0 Å². The summed E-state index contributed by atoms with van der Waals surface area (Å²) in [5, 5.41) is 4.03. The van der Waals surface area contributed by atoms with Gasteiger partial charge in [0.25, 0.3) is 0 Å². The lowest BCUT2D eigenvalue weighted by Gasteiger charge is -2.07. The Bertz CT molecular complexity index is 333. The van der Waals surface area contributed by atoms with Gasteiger partial charge in [-0.2, -0.15) is 5.10 Å². The minimum atomic E-state index is 1.06. The molecular formula is C11H15N3. The molecule has 0 saturated carbocycles. The topological polar surface area (TPSA) is 36.8 Å². The van der Waals surface area contributed by atoms with Gasteiger partial charge in [-0.3, -0.25) is 10.4 Å². The van der Waals surface area contributed by atoms with E-state index in [1.165, 1.54) is 11.1 Å². The number of aryl methyl sites for hydroxylation is 2. The summed E-state index contributed by atoms with van der Waals surface area (Å²) >= 11 is 0. The Kier molecular flexibility index (Phi) is 3.85. The number of nitrogens with one attached hydrogen (secondary N) is 1. The summed E-state index contributed by atoms with van der Waals surface area (Å²) in [6.45, 7) is 4.11. The molecule has 1 aromatic rings. The Labute approximate surface area is 84.6 Å². The maximum Gasteiger partial charge on any atom is 0.0650 e. The molecule has 0 aliphatic carbocycles. The molecule has 3 heteroatoms. The monoisotopic (exact) mass is 189 g/mol. The first-order valence-corrected chi connectivity index (χ1v) is 4.51. The molecule has 0 atom stereocenters. The van der Waals surface area contributed by atoms with E-state index in [0.717, 1.165) is 5.69 Å². The minimum Gasteiger partial charge on any atom is -0.295 e. The molecule has 14 heavy (non-hydrogen) atoms. The van der Waals surface area contributed by atoms with Crippen molar-refractivity contribution in [3.63, 3.8) is 0 Å². The third-order valence-corrected chi connectivity index (χ3v) is 1.95. The Morgan fingerprint density at radius 2 is 1.79 bits per heavy atom. The predicted molar refractivity (Wildman–Crippen MR) is 62.4 cm³/mol. The Balaban J connectivity index is 2.76. The predicted octanol–water partition coefficient (Wildman–Crippen LogP) is 2.40. The number of hydrazone groups is 1. The van der Waals surface area contributed by atoms with Crippen molar-refractivity contribution in [2.45, 2.75) is 13.8 Å². The highest BCUT2D eigenvalue weighted by Gasteiger charge is 1.98. The maximum absolute atomic E-state index is 4.03. The summed E-state index contributed by atoms with van der Waals surface area (Å²) in [5.41, 5.74) is 6.44. The number of anilines is 1. The van der Waals surface area contributed by atoms with Crippen LogP contribution in [0.4, 0.5) is 5.69 Å². The van der Waals surface area contributed by atoms with Gasteiger partial charge in [0.2, 0.25) is 0 Å². The smallest absolute Gasteiger partial charge is 0.0650 e. The van der Waals surface area contributed by atoms with Gasteiger partial charge in [0, 0.05) is 13.3 Å². The van der Waals surface area contributed by atoms with Crippen LogP contribution in [-0.2, 0) is 0 Å². The van der Waals surface area contributed by atoms with Gasteiger partial charge in [-0.15, -0.1) is 0 Å². The van der Waals surface area contributed by atoms with Gasteiger partial charge >= 0.3 is 0 Å². The molecule has 0 fully saturated rings. The van der Waals surface area contributed by atoms with Crippen LogP contribution in [0.2, 0.25) is 0 Å². The van der Waals surface area contributed by atoms with E-state index in [2.05, 4.69) is 41.5 Å². The quantitative estimate of drug-likeness (QED) is 0.575. The Morgan fingerprint density at radius 3 is 2.36 bits per heavy atom. The molecule has 3 nitrogen and oxygen atoms in total. The van der Waals surface area contributed by atoms with E-state index >= 15 is 0 Å². The molecule has 0 aliphatic heterocycles. The van der Waals surface area contributed by atoms with E-state index in [1.54, 1.807) is 19.5 Å². The summed E-state index contributed by atoms with van der Waals surface area (Å²) in [6.07, 6.45) is 3.27. The van der Waals surface area contributed by atoms with Crippen molar-refractivity contribution in [3.05, 3.63) is 29.3 Å². The highest BCUT2D eigenvalue weighted by molar-refractivity contribution is 6.16. The number of nitrogens with zero attached hydrogens (tertiary/aromatic N) is 2. The molecule has 0 bridgehead atoms. The van der Waals surface area contributed by atoms with E-state index in [4.69, 9.17) is 0 Å². The lowest BCUT2D eigenvalue weighted by molar-refractivity contribution is 1.27. The van der Waals surface area contributed by atoms with Crippen molar-refractivity contribution in [2.24, 2.45) is 10.1 Å². The molecule has 0 aromatic heterocycles. The number of hydrogen-bond acceptors (Lipinski definition) is 3. The highest BCUT2D eigenvalue weighted by Crippen LogP contribution is 2.18. The Hall–Kier alpha value is -1.64. The van der Waals surface area contributed by atoms with E-state index in [1.807, 2.05) is 6.07 Å². The average Bonchev–Trinajstić information content (AvgIpc) is 2.16. The third kappa shape index (κ3) is 2.69. The maximum atomic E-state index is 4.03. The first kappa shape index (κ1) is 10.4. The van der Waals surface area contributed by atoms with Gasteiger partial charge in [-0.1, -0.05) is 18.2 Å². The SMILES string of the molecule is CN=C/C=N\Nc1c(C)cccc1C. The van der Waals surface area contributed by atoms with Gasteiger partial charge in [0.1, 0.15) is 0 Å². The van der Waals surface area contributed by atoms with Gasteiger partial charge in [0.15, 0.2) is 0 Å². The second-order valence-electron chi connectivity index (χ2n) is 3.06. The van der Waals surface area contributed by atoms with Crippen molar-refractivity contribution in [2.75, 3.05) is 12.5 Å². The van der Waals surface area contributed by atoms with Gasteiger partial charge in [-0.05, 0) is 25.0 Å². The van der Waals surface area contributed by atoms with E-state index < -0.39 is 0 Å². The fraction of sp³-hybridized carbons (Fsp3) is 0.273. The summed E-state index contributed by atoms with van der Waals surface area (Å²) in [7, 11) is 1.71. The number of rotatable bonds is 3. The van der Waals surface area contributed by atoms with Crippen LogP contribution >= 0.6 is 0 Å². The number of aliphatic imine (C=N–C) groups is 1. The average molecular weight is 189 g/mol. The molecule has 0 aliphatic rings. The summed E-state index contributed by atoms with van der Waals surface area (Å²) < 4.78 is 0. The van der Waals surface area contributed by atoms with Crippen LogP contribution in [0.5, 0.6) is 0 Å². The second kappa shape index (κ2) is 5.17. The fourth-order valence-corrected chi connectivity index (χ4v) is 1.19. The highest BCUT2D eigenvalue weighted by atomic mass is 15.3. The molecule has 74 valence electrons. The van der Waals surface area contributed by atoms with Crippen LogP contribution in [0.25, 0.3) is 0 Å². The van der Waals surface area contributed by atoms with Crippen LogP contribution in [0.15, 0.2) is 28.3 Å². The molecule has 0 amide bonds. The molecule has 0 unspecified atom stereocenters. The van der Waals surface area contributed by atoms with Gasteiger partial charge < -0.3 is 0 Å². The van der Waals surface area contributed by atoms with Crippen LogP contribution in [0.1, 0.15) is 11.1 Å². The van der Waals surface area contributed by atoms with E-state index in [0.29, 0.717) is 0 Å². The fourth-order valence-electron chi connectivity index (χ4n) is 1.19. The zero-order chi connectivity index (χ0) is 10.4. The zero-order valence-electron chi connectivity index (χ0n) is 8.78. The van der Waals surface area contributed by atoms with Crippen LogP contribution < -0.4 is 5.43 Å². The molecule has 1 rings (SSSR count). The van der Waals surface area contributed by atoms with Crippen molar-refractivity contribution < 1.29 is 0 Å². The van der Waals surface area contributed by atoms with Crippen molar-refractivity contribution >= 4 is 18.1 Å². The van der Waals surface area contributed by atoms with E-state index in [-0.39, 0.29) is 0 Å². The zero-order valence-corrected chi connectivity index (χ0v) is 8.78. The number of benzene rings is 1. The van der Waals surface area contributed by atoms with Crippen LogP contribution in [-0.4, -0.2) is 19.5 Å². The lowest BCUT2D eigenvalue weighted by atomic mass is 10.1. The third-order valence-electron chi connectivity index (χ3n) is 1.95. The van der Waals surface area contributed by atoms with E-state index in [9.17, 15) is 0 Å². The normalized spacial score (nSPS) is 11.4. The molecule has 1 N–H and O–H groups in total. The summed E-state index contributed by atoms with van der Waals surface area (Å²) in [4.78, 5) is 3.80. The summed E-state index contributed by atoms with van der Waals surface area (Å²) in [5.74, 6) is 0. The molecule has 0 radical (unpaired) electrons. The summed E-state index contributed by atoms with van der Waals surface area (Å²) in [6, 6.07) is 6.14. The van der Waals surface area contributed by atoms with Crippen LogP contribution in [0, 0.1) is 13.8 Å². The lowest BCUT2D eigenvalue weighted by Crippen LogP contribution is -1.95. The first-order valence-electron chi connectivity index (χ1n) is 4.51. The van der Waals surface area contributed by atoms with Gasteiger partial charge in [0.05, 0.1) is 11.9 Å². The first-order chi connectivity index (χ1) is 6.75. The van der Waals surface area contributed by atoms with Crippen LogP contribution in [0.3, 0.4) is 0 Å². The Morgan fingerprint density at radius 1 is 1.14 bits per heavy atom. The van der Waals surface area contributed by atoms with Crippen molar-refractivity contribution in [3.8, 4) is 0 Å². The molecule has 1 aromatic carbocycles.